The first-order chi connectivity index (χ1) is 7.34. The molecule has 0 amide bonds. The lowest BCUT2D eigenvalue weighted by atomic mass is 10.3. The second-order valence-corrected chi connectivity index (χ2v) is 2.91. The zero-order chi connectivity index (χ0) is 12.5. The maximum atomic E-state index is 12.4. The van der Waals surface area contributed by atoms with Crippen molar-refractivity contribution in [2.75, 3.05) is 0 Å². The molecular weight excluding hydrogens is 228 g/mol. The fourth-order valence-corrected chi connectivity index (χ4v) is 1.21. The maximum absolute atomic E-state index is 12.4. The Kier molecular flexibility index (Phi) is 3.16. The van der Waals surface area contributed by atoms with E-state index >= 15 is 0 Å². The first-order valence-corrected chi connectivity index (χ1v) is 4.04. The number of carboxylic acid groups (broad SMARTS) is 1. The molecule has 0 unspecified atom stereocenters. The van der Waals surface area contributed by atoms with E-state index in [2.05, 4.69) is 5.10 Å². The second-order valence-electron chi connectivity index (χ2n) is 2.91. The second kappa shape index (κ2) is 4.21. The number of hydrogen-bond donors (Lipinski definition) is 0. The highest BCUT2D eigenvalue weighted by Gasteiger charge is 2.30. The predicted molar refractivity (Wildman–Crippen MR) is 43.6 cm³/mol. The summed E-state index contributed by atoms with van der Waals surface area (Å²) in [5, 5.41) is 23.9. The van der Waals surface area contributed by atoms with Gasteiger partial charge in [0.15, 0.2) is 0 Å². The van der Waals surface area contributed by atoms with Crippen molar-refractivity contribution in [3.63, 3.8) is 0 Å². The van der Waals surface area contributed by atoms with Gasteiger partial charge in [-0.3, -0.25) is 14.8 Å². The predicted octanol–water partition coefficient (Wildman–Crippen LogP) is -0.213. The van der Waals surface area contributed by atoms with E-state index in [1.807, 2.05) is 0 Å². The topological polar surface area (TPSA) is 101 Å². The van der Waals surface area contributed by atoms with Crippen molar-refractivity contribution in [1.29, 1.82) is 0 Å². The smallest absolute Gasteiger partial charge is 0.319 e. The number of aliphatic carboxylic acids is 1. The van der Waals surface area contributed by atoms with Gasteiger partial charge in [0, 0.05) is 0 Å². The van der Waals surface area contributed by atoms with Gasteiger partial charge in [-0.1, -0.05) is 0 Å². The zero-order valence-corrected chi connectivity index (χ0v) is 8.02. The molecule has 0 radical (unpaired) electrons. The van der Waals surface area contributed by atoms with E-state index in [9.17, 15) is 28.8 Å². The number of hydrogen-bond acceptors (Lipinski definition) is 5. The van der Waals surface area contributed by atoms with Gasteiger partial charge < -0.3 is 9.90 Å². The third-order valence-electron chi connectivity index (χ3n) is 1.87. The lowest BCUT2D eigenvalue weighted by Crippen LogP contribution is -2.28. The first kappa shape index (κ1) is 12.0. The standard InChI is InChI=1S/C7H7F2N3O4/c1-3-6(12(15)16)5(7(8)9)10-11(3)2-4(13)14/h7H,2H2,1H3,(H,13,14)/p-1. The minimum Gasteiger partial charge on any atom is -0.548 e. The molecule has 0 fully saturated rings. The normalized spacial score (nSPS) is 10.8. The van der Waals surface area contributed by atoms with Gasteiger partial charge in [-0.15, -0.1) is 0 Å². The number of carboxylic acids is 1. The molecule has 0 N–H and O–H groups in total. The van der Waals surface area contributed by atoms with Gasteiger partial charge in [0.25, 0.3) is 6.43 Å². The Balaban J connectivity index is 3.29. The van der Waals surface area contributed by atoms with Crippen LogP contribution in [0.3, 0.4) is 0 Å². The van der Waals surface area contributed by atoms with Gasteiger partial charge >= 0.3 is 5.69 Å². The quantitative estimate of drug-likeness (QED) is 0.529. The third kappa shape index (κ3) is 2.12. The lowest BCUT2D eigenvalue weighted by Gasteiger charge is -2.02. The van der Waals surface area contributed by atoms with Gasteiger partial charge in [0.2, 0.25) is 5.69 Å². The number of carbonyl (C=O) groups is 1. The van der Waals surface area contributed by atoms with Crippen LogP contribution < -0.4 is 5.11 Å². The van der Waals surface area contributed by atoms with E-state index < -0.39 is 35.2 Å². The Labute approximate surface area is 87.4 Å². The van der Waals surface area contributed by atoms with Crippen LogP contribution in [0.4, 0.5) is 14.5 Å². The monoisotopic (exact) mass is 234 g/mol. The highest BCUT2D eigenvalue weighted by atomic mass is 19.3. The average molecular weight is 234 g/mol. The number of halogens is 2. The van der Waals surface area contributed by atoms with Crippen molar-refractivity contribution in [3.05, 3.63) is 21.5 Å². The molecule has 1 aromatic rings. The molecule has 0 saturated heterocycles. The van der Waals surface area contributed by atoms with Crippen LogP contribution in [-0.4, -0.2) is 20.7 Å². The van der Waals surface area contributed by atoms with Crippen molar-refractivity contribution >= 4 is 11.7 Å². The van der Waals surface area contributed by atoms with Gasteiger partial charge in [-0.2, -0.15) is 5.10 Å². The fraction of sp³-hybridized carbons (Fsp3) is 0.429. The van der Waals surface area contributed by atoms with Gasteiger partial charge in [-0.25, -0.2) is 8.78 Å². The summed E-state index contributed by atoms with van der Waals surface area (Å²) in [6.07, 6.45) is -3.14. The lowest BCUT2D eigenvalue weighted by molar-refractivity contribution is -0.386. The molecule has 0 aliphatic carbocycles. The van der Waals surface area contributed by atoms with Crippen LogP contribution in [0.1, 0.15) is 17.8 Å². The third-order valence-corrected chi connectivity index (χ3v) is 1.87. The summed E-state index contributed by atoms with van der Waals surface area (Å²) >= 11 is 0. The highest BCUT2D eigenvalue weighted by molar-refractivity contribution is 5.64. The Bertz CT molecular complexity index is 443. The maximum Gasteiger partial charge on any atom is 0.319 e. The fourth-order valence-electron chi connectivity index (χ4n) is 1.21. The van der Waals surface area contributed by atoms with Crippen molar-refractivity contribution in [3.8, 4) is 0 Å². The first-order valence-electron chi connectivity index (χ1n) is 4.04. The summed E-state index contributed by atoms with van der Waals surface area (Å²) in [6.45, 7) is 0.333. The summed E-state index contributed by atoms with van der Waals surface area (Å²) in [6, 6.07) is 0. The molecule has 1 heterocycles. The minimum absolute atomic E-state index is 0.246. The SMILES string of the molecule is Cc1c([N+](=O)[O-])c(C(F)F)nn1CC(=O)[O-]. The van der Waals surface area contributed by atoms with E-state index in [-0.39, 0.29) is 5.69 Å². The number of aromatic nitrogens is 2. The molecule has 0 aliphatic heterocycles. The Morgan fingerprint density at radius 3 is 2.50 bits per heavy atom. The van der Waals surface area contributed by atoms with Crippen LogP contribution in [0.15, 0.2) is 0 Å². The molecule has 1 aromatic heterocycles. The van der Waals surface area contributed by atoms with Crippen molar-refractivity contribution in [2.24, 2.45) is 0 Å². The molecule has 9 heteroatoms. The Morgan fingerprint density at radius 1 is 1.62 bits per heavy atom. The van der Waals surface area contributed by atoms with E-state index in [0.717, 1.165) is 6.92 Å². The van der Waals surface area contributed by atoms with Gasteiger partial charge in [0.05, 0.1) is 17.4 Å². The van der Waals surface area contributed by atoms with Crippen molar-refractivity contribution in [1.82, 2.24) is 9.78 Å². The summed E-state index contributed by atoms with van der Waals surface area (Å²) < 4.78 is 25.4. The number of nitrogens with zero attached hydrogens (tertiary/aromatic N) is 3. The zero-order valence-electron chi connectivity index (χ0n) is 8.02. The summed E-state index contributed by atoms with van der Waals surface area (Å²) in [5.41, 5.74) is -2.15. The molecule has 0 bridgehead atoms. The number of carbonyl (C=O) groups excluding carboxylic acids is 1. The largest absolute Gasteiger partial charge is 0.548 e. The minimum atomic E-state index is -3.14. The molecular formula is C7H6F2N3O4-. The van der Waals surface area contributed by atoms with Crippen LogP contribution in [-0.2, 0) is 11.3 Å². The number of alkyl halides is 2. The molecule has 0 spiro atoms. The molecule has 0 aromatic carbocycles. The Hall–Kier alpha value is -2.06. The van der Waals surface area contributed by atoms with E-state index in [0.29, 0.717) is 4.68 Å². The highest BCUT2D eigenvalue weighted by Crippen LogP contribution is 2.30. The van der Waals surface area contributed by atoms with Crippen LogP contribution in [0.2, 0.25) is 0 Å². The molecule has 16 heavy (non-hydrogen) atoms. The molecule has 0 aliphatic rings. The Morgan fingerprint density at radius 2 is 2.19 bits per heavy atom. The van der Waals surface area contributed by atoms with E-state index in [1.54, 1.807) is 0 Å². The van der Waals surface area contributed by atoms with Crippen LogP contribution in [0, 0.1) is 17.0 Å². The summed E-state index contributed by atoms with van der Waals surface area (Å²) in [4.78, 5) is 19.7. The molecule has 1 rings (SSSR count). The van der Waals surface area contributed by atoms with Crippen LogP contribution in [0.25, 0.3) is 0 Å². The van der Waals surface area contributed by atoms with Gasteiger partial charge in [0.1, 0.15) is 5.69 Å². The van der Waals surface area contributed by atoms with E-state index in [1.165, 1.54) is 0 Å². The van der Waals surface area contributed by atoms with Gasteiger partial charge in [-0.05, 0) is 6.92 Å². The molecule has 7 nitrogen and oxygen atoms in total. The number of rotatable bonds is 4. The van der Waals surface area contributed by atoms with Crippen LogP contribution >= 0.6 is 0 Å². The van der Waals surface area contributed by atoms with E-state index in [4.69, 9.17) is 0 Å². The van der Waals surface area contributed by atoms with Crippen LogP contribution in [0.5, 0.6) is 0 Å². The summed E-state index contributed by atoms with van der Waals surface area (Å²) in [7, 11) is 0. The molecule has 0 saturated carbocycles. The number of nitro groups is 1. The van der Waals surface area contributed by atoms with Crippen molar-refractivity contribution < 1.29 is 23.6 Å². The molecule has 88 valence electrons. The molecule has 0 atom stereocenters. The average Bonchev–Trinajstić information content (AvgIpc) is 2.43. The summed E-state index contributed by atoms with van der Waals surface area (Å²) in [5.74, 6) is -1.57. The van der Waals surface area contributed by atoms with Crippen molar-refractivity contribution in [2.45, 2.75) is 19.9 Å².